The van der Waals surface area contributed by atoms with Crippen LogP contribution in [0.4, 0.5) is 0 Å². The number of nitrogens with two attached hydrogens (primary N) is 1. The van der Waals surface area contributed by atoms with E-state index < -0.39 is 5.54 Å². The third-order valence-electron chi connectivity index (χ3n) is 2.35. The molecule has 0 aliphatic carbocycles. The molecule has 0 bridgehead atoms. The molecule has 0 aromatic carbocycles. The first kappa shape index (κ1) is 14.8. The van der Waals surface area contributed by atoms with Crippen LogP contribution in [0, 0.1) is 0 Å². The Morgan fingerprint density at radius 1 is 1.47 bits per heavy atom. The predicted octanol–water partition coefficient (Wildman–Crippen LogP) is 1.76. The fourth-order valence-electron chi connectivity index (χ4n) is 1.41. The van der Waals surface area contributed by atoms with Gasteiger partial charge < -0.3 is 11.1 Å². The van der Waals surface area contributed by atoms with Crippen LogP contribution in [0.3, 0.4) is 0 Å². The van der Waals surface area contributed by atoms with Crippen molar-refractivity contribution in [2.24, 2.45) is 5.73 Å². The van der Waals surface area contributed by atoms with Crippen molar-refractivity contribution in [1.29, 1.82) is 0 Å². The van der Waals surface area contributed by atoms with Crippen molar-refractivity contribution < 1.29 is 4.79 Å². The van der Waals surface area contributed by atoms with E-state index in [2.05, 4.69) is 11.6 Å². The molecule has 0 aliphatic heterocycles. The van der Waals surface area contributed by atoms with Gasteiger partial charge in [-0.05, 0) is 38.2 Å². The van der Waals surface area contributed by atoms with Gasteiger partial charge in [-0.1, -0.05) is 13.3 Å². The summed E-state index contributed by atoms with van der Waals surface area (Å²) in [6, 6.07) is 0. The quantitative estimate of drug-likeness (QED) is 0.627. The lowest BCUT2D eigenvalue weighted by atomic mass is 9.96. The van der Waals surface area contributed by atoms with Crippen molar-refractivity contribution in [2.45, 2.75) is 45.1 Å². The van der Waals surface area contributed by atoms with E-state index in [0.717, 1.165) is 38.0 Å². The Morgan fingerprint density at radius 3 is 2.67 bits per heavy atom. The summed E-state index contributed by atoms with van der Waals surface area (Å²) >= 11 is 1.84. The van der Waals surface area contributed by atoms with E-state index in [0.29, 0.717) is 0 Å². The average molecular weight is 232 g/mol. The molecule has 0 aliphatic rings. The van der Waals surface area contributed by atoms with Gasteiger partial charge in [0.2, 0.25) is 5.91 Å². The van der Waals surface area contributed by atoms with Crippen molar-refractivity contribution in [3.05, 3.63) is 0 Å². The van der Waals surface area contributed by atoms with Crippen LogP contribution < -0.4 is 11.1 Å². The third-order valence-corrected chi connectivity index (χ3v) is 3.05. The first-order valence-corrected chi connectivity index (χ1v) is 7.00. The van der Waals surface area contributed by atoms with Crippen LogP contribution in [0.1, 0.15) is 39.5 Å². The second-order valence-corrected chi connectivity index (χ2v) is 5.11. The molecule has 3 N–H and O–H groups in total. The number of unbranched alkanes of at least 4 members (excludes halogenated alkanes) is 1. The molecule has 1 unspecified atom stereocenters. The van der Waals surface area contributed by atoms with Crippen molar-refractivity contribution in [3.63, 3.8) is 0 Å². The molecule has 0 rings (SSSR count). The van der Waals surface area contributed by atoms with E-state index in [1.807, 2.05) is 18.7 Å². The molecule has 1 amide bonds. The number of thioether (sulfide) groups is 1. The minimum Gasteiger partial charge on any atom is -0.355 e. The highest BCUT2D eigenvalue weighted by Gasteiger charge is 2.26. The minimum atomic E-state index is -0.700. The molecule has 90 valence electrons. The highest BCUT2D eigenvalue weighted by molar-refractivity contribution is 7.98. The third kappa shape index (κ3) is 6.79. The maximum Gasteiger partial charge on any atom is 0.239 e. The molecule has 15 heavy (non-hydrogen) atoms. The van der Waals surface area contributed by atoms with Crippen LogP contribution in [0.5, 0.6) is 0 Å². The van der Waals surface area contributed by atoms with Crippen molar-refractivity contribution in [2.75, 3.05) is 18.6 Å². The Bertz CT molecular complexity index is 183. The molecule has 3 nitrogen and oxygen atoms in total. The largest absolute Gasteiger partial charge is 0.355 e. The van der Waals surface area contributed by atoms with Gasteiger partial charge in [0, 0.05) is 6.54 Å². The smallest absolute Gasteiger partial charge is 0.239 e. The number of rotatable bonds is 8. The summed E-state index contributed by atoms with van der Waals surface area (Å²) < 4.78 is 0. The molecule has 0 saturated heterocycles. The second-order valence-electron chi connectivity index (χ2n) is 4.12. The fraction of sp³-hybridized carbons (Fsp3) is 0.909. The maximum absolute atomic E-state index is 11.6. The molecule has 0 saturated carbocycles. The fourth-order valence-corrected chi connectivity index (χ4v) is 1.90. The predicted molar refractivity (Wildman–Crippen MR) is 68.1 cm³/mol. The van der Waals surface area contributed by atoms with Crippen LogP contribution in [-0.4, -0.2) is 30.0 Å². The van der Waals surface area contributed by atoms with Gasteiger partial charge in [-0.25, -0.2) is 0 Å². The van der Waals surface area contributed by atoms with Gasteiger partial charge in [-0.2, -0.15) is 11.8 Å². The lowest BCUT2D eigenvalue weighted by molar-refractivity contribution is -0.126. The molecular weight excluding hydrogens is 208 g/mol. The van der Waals surface area contributed by atoms with E-state index in [9.17, 15) is 4.79 Å². The highest BCUT2D eigenvalue weighted by Crippen LogP contribution is 2.08. The Labute approximate surface area is 97.6 Å². The summed E-state index contributed by atoms with van der Waals surface area (Å²) in [7, 11) is 0. The molecule has 0 spiro atoms. The van der Waals surface area contributed by atoms with Crippen LogP contribution in [0.25, 0.3) is 0 Å². The van der Waals surface area contributed by atoms with Gasteiger partial charge in [-0.3, -0.25) is 4.79 Å². The molecule has 0 aromatic heterocycles. The minimum absolute atomic E-state index is 0.0199. The number of carbonyl (C=O) groups is 1. The maximum atomic E-state index is 11.6. The van der Waals surface area contributed by atoms with Crippen molar-refractivity contribution in [3.8, 4) is 0 Å². The summed E-state index contributed by atoms with van der Waals surface area (Å²) in [5.74, 6) is 1.14. The first-order chi connectivity index (χ1) is 7.04. The van der Waals surface area contributed by atoms with E-state index in [1.165, 1.54) is 0 Å². The van der Waals surface area contributed by atoms with Gasteiger partial charge in [-0.15, -0.1) is 0 Å². The molecular formula is C11H24N2OS. The number of hydrogen-bond acceptors (Lipinski definition) is 3. The zero-order valence-corrected chi connectivity index (χ0v) is 11.0. The first-order valence-electron chi connectivity index (χ1n) is 5.60. The SMILES string of the molecule is CCCC(C)(N)C(=O)NCCCCSC. The number of amides is 1. The molecule has 0 fully saturated rings. The van der Waals surface area contributed by atoms with E-state index >= 15 is 0 Å². The van der Waals surface area contributed by atoms with Gasteiger partial charge in [0.1, 0.15) is 0 Å². The summed E-state index contributed by atoms with van der Waals surface area (Å²) in [5.41, 5.74) is 5.20. The number of hydrogen-bond donors (Lipinski definition) is 2. The van der Waals surface area contributed by atoms with Crippen molar-refractivity contribution in [1.82, 2.24) is 5.32 Å². The normalized spacial score (nSPS) is 14.7. The van der Waals surface area contributed by atoms with E-state index in [1.54, 1.807) is 6.92 Å². The highest BCUT2D eigenvalue weighted by atomic mass is 32.2. The average Bonchev–Trinajstić information content (AvgIpc) is 2.17. The van der Waals surface area contributed by atoms with Crippen molar-refractivity contribution >= 4 is 17.7 Å². The lowest BCUT2D eigenvalue weighted by Gasteiger charge is -2.22. The van der Waals surface area contributed by atoms with Gasteiger partial charge in [0.05, 0.1) is 5.54 Å². The van der Waals surface area contributed by atoms with Crippen LogP contribution in [-0.2, 0) is 4.79 Å². The van der Waals surface area contributed by atoms with Crippen LogP contribution in [0.15, 0.2) is 0 Å². The zero-order chi connectivity index (χ0) is 11.7. The van der Waals surface area contributed by atoms with E-state index in [-0.39, 0.29) is 5.91 Å². The Morgan fingerprint density at radius 2 is 2.13 bits per heavy atom. The molecule has 4 heteroatoms. The number of nitrogens with one attached hydrogen (secondary N) is 1. The van der Waals surface area contributed by atoms with Gasteiger partial charge in [0.15, 0.2) is 0 Å². The summed E-state index contributed by atoms with van der Waals surface area (Å²) in [5, 5.41) is 2.89. The van der Waals surface area contributed by atoms with Crippen LogP contribution >= 0.6 is 11.8 Å². The lowest BCUT2D eigenvalue weighted by Crippen LogP contribution is -2.51. The topological polar surface area (TPSA) is 55.1 Å². The molecule has 0 heterocycles. The van der Waals surface area contributed by atoms with E-state index in [4.69, 9.17) is 5.73 Å². The van der Waals surface area contributed by atoms with Gasteiger partial charge in [0.25, 0.3) is 0 Å². The number of carbonyl (C=O) groups excluding carboxylic acids is 1. The molecule has 0 aromatic rings. The van der Waals surface area contributed by atoms with Gasteiger partial charge >= 0.3 is 0 Å². The molecule has 1 atom stereocenters. The summed E-state index contributed by atoms with van der Waals surface area (Å²) in [6.07, 6.45) is 5.96. The zero-order valence-electron chi connectivity index (χ0n) is 10.1. The van der Waals surface area contributed by atoms with Crippen LogP contribution in [0.2, 0.25) is 0 Å². The Hall–Kier alpha value is -0.220. The monoisotopic (exact) mass is 232 g/mol. The second kappa shape index (κ2) is 7.99. The standard InChI is InChI=1S/C11H24N2OS/c1-4-7-11(2,12)10(14)13-8-5-6-9-15-3/h4-9,12H2,1-3H3,(H,13,14). The summed E-state index contributed by atoms with van der Waals surface area (Å²) in [6.45, 7) is 4.58. The summed E-state index contributed by atoms with van der Waals surface area (Å²) in [4.78, 5) is 11.6. The Balaban J connectivity index is 3.64. The molecule has 0 radical (unpaired) electrons. The Kier molecular flexibility index (Phi) is 7.88.